The van der Waals surface area contributed by atoms with Crippen molar-refractivity contribution in [1.29, 1.82) is 0 Å². The highest BCUT2D eigenvalue weighted by atomic mass is 16.5. The van der Waals surface area contributed by atoms with Gasteiger partial charge in [0, 0.05) is 12.7 Å². The van der Waals surface area contributed by atoms with Gasteiger partial charge in [-0.25, -0.2) is 0 Å². The Morgan fingerprint density at radius 3 is 2.59 bits per heavy atom. The van der Waals surface area contributed by atoms with Crippen molar-refractivity contribution < 1.29 is 14.3 Å². The molecule has 0 spiro atoms. The lowest BCUT2D eigenvalue weighted by molar-refractivity contribution is -0.122. The Morgan fingerprint density at radius 2 is 1.86 bits per heavy atom. The molecule has 22 heavy (non-hydrogen) atoms. The third kappa shape index (κ3) is 2.41. The molecule has 1 heterocycles. The van der Waals surface area contributed by atoms with E-state index in [2.05, 4.69) is 5.32 Å². The molecular formula is C17H16N2O3. The molecular weight excluding hydrogens is 280 g/mol. The standard InChI is InChI=1S/C17H16N2O3/c1-11-16(20)18-14-10-6-9-13(15(14)22-11)17(21)19(2)12-7-4-3-5-8-12/h3-11H,1-2H3,(H,18,20). The molecule has 112 valence electrons. The summed E-state index contributed by atoms with van der Waals surface area (Å²) < 4.78 is 5.62. The number of hydrogen-bond donors (Lipinski definition) is 1. The minimum absolute atomic E-state index is 0.189. The van der Waals surface area contributed by atoms with Crippen molar-refractivity contribution in [3.8, 4) is 5.75 Å². The van der Waals surface area contributed by atoms with Gasteiger partial charge in [0.1, 0.15) is 0 Å². The summed E-state index contributed by atoms with van der Waals surface area (Å²) >= 11 is 0. The number of ether oxygens (including phenoxy) is 1. The summed E-state index contributed by atoms with van der Waals surface area (Å²) in [6, 6.07) is 14.5. The lowest BCUT2D eigenvalue weighted by Gasteiger charge is -2.26. The zero-order valence-corrected chi connectivity index (χ0v) is 12.4. The van der Waals surface area contributed by atoms with E-state index in [4.69, 9.17) is 4.74 Å². The SMILES string of the molecule is CC1Oc2c(cccc2C(=O)N(C)c2ccccc2)NC1=O. The first-order valence-electron chi connectivity index (χ1n) is 7.01. The molecule has 0 aromatic heterocycles. The highest BCUT2D eigenvalue weighted by molar-refractivity contribution is 6.10. The van der Waals surface area contributed by atoms with Gasteiger partial charge >= 0.3 is 0 Å². The highest BCUT2D eigenvalue weighted by Gasteiger charge is 2.28. The van der Waals surface area contributed by atoms with Gasteiger partial charge in [-0.15, -0.1) is 0 Å². The fourth-order valence-electron chi connectivity index (χ4n) is 2.35. The molecule has 2 amide bonds. The number of rotatable bonds is 2. The quantitative estimate of drug-likeness (QED) is 0.927. The number of nitrogens with one attached hydrogen (secondary N) is 1. The van der Waals surface area contributed by atoms with Crippen molar-refractivity contribution in [2.75, 3.05) is 17.3 Å². The Labute approximate surface area is 128 Å². The normalized spacial score (nSPS) is 16.3. The van der Waals surface area contributed by atoms with E-state index in [-0.39, 0.29) is 11.8 Å². The molecule has 1 aliphatic rings. The van der Waals surface area contributed by atoms with Gasteiger partial charge in [0.2, 0.25) is 0 Å². The molecule has 0 radical (unpaired) electrons. The van der Waals surface area contributed by atoms with Gasteiger partial charge in [0.15, 0.2) is 11.9 Å². The summed E-state index contributed by atoms with van der Waals surface area (Å²) in [6.07, 6.45) is -0.622. The molecule has 2 aromatic carbocycles. The molecule has 5 heteroatoms. The Morgan fingerprint density at radius 1 is 1.14 bits per heavy atom. The second-order valence-electron chi connectivity index (χ2n) is 5.13. The van der Waals surface area contributed by atoms with Crippen LogP contribution in [0.4, 0.5) is 11.4 Å². The molecule has 0 saturated carbocycles. The predicted molar refractivity (Wildman–Crippen MR) is 84.3 cm³/mol. The van der Waals surface area contributed by atoms with Crippen LogP contribution < -0.4 is 15.0 Å². The van der Waals surface area contributed by atoms with Gasteiger partial charge < -0.3 is 15.0 Å². The molecule has 0 bridgehead atoms. The van der Waals surface area contributed by atoms with Gasteiger partial charge in [0.05, 0.1) is 11.3 Å². The number of benzene rings is 2. The number of nitrogens with zero attached hydrogens (tertiary/aromatic N) is 1. The van der Waals surface area contributed by atoms with Crippen LogP contribution in [-0.2, 0) is 4.79 Å². The Bertz CT molecular complexity index is 728. The van der Waals surface area contributed by atoms with Gasteiger partial charge in [-0.3, -0.25) is 9.59 Å². The first-order chi connectivity index (χ1) is 10.6. The van der Waals surface area contributed by atoms with E-state index in [1.165, 1.54) is 0 Å². The fraction of sp³-hybridized carbons (Fsp3) is 0.176. The monoisotopic (exact) mass is 296 g/mol. The minimum Gasteiger partial charge on any atom is -0.478 e. The smallest absolute Gasteiger partial charge is 0.265 e. The summed E-state index contributed by atoms with van der Waals surface area (Å²) in [5.41, 5.74) is 1.74. The number of amides is 2. The second kappa shape index (κ2) is 5.52. The predicted octanol–water partition coefficient (Wildman–Crippen LogP) is 2.68. The van der Waals surface area contributed by atoms with Crippen LogP contribution in [0.15, 0.2) is 48.5 Å². The van der Waals surface area contributed by atoms with E-state index in [0.717, 1.165) is 5.69 Å². The lowest BCUT2D eigenvalue weighted by Crippen LogP contribution is -2.36. The van der Waals surface area contributed by atoms with E-state index in [1.807, 2.05) is 30.3 Å². The van der Waals surface area contributed by atoms with Crippen LogP contribution in [0.25, 0.3) is 0 Å². The average Bonchev–Trinajstić information content (AvgIpc) is 2.55. The molecule has 0 saturated heterocycles. The number of anilines is 2. The Hall–Kier alpha value is -2.82. The largest absolute Gasteiger partial charge is 0.478 e. The Kier molecular flexibility index (Phi) is 3.55. The Balaban J connectivity index is 1.97. The van der Waals surface area contributed by atoms with E-state index in [1.54, 1.807) is 37.1 Å². The van der Waals surface area contributed by atoms with Crippen LogP contribution in [0.2, 0.25) is 0 Å². The molecule has 1 unspecified atom stereocenters. The van der Waals surface area contributed by atoms with Gasteiger partial charge in [-0.2, -0.15) is 0 Å². The molecule has 2 aromatic rings. The number of hydrogen-bond acceptors (Lipinski definition) is 3. The summed E-state index contributed by atoms with van der Waals surface area (Å²) in [5, 5.41) is 2.75. The maximum absolute atomic E-state index is 12.7. The molecule has 3 rings (SSSR count). The van der Waals surface area contributed by atoms with Crippen molar-refractivity contribution in [2.45, 2.75) is 13.0 Å². The summed E-state index contributed by atoms with van der Waals surface area (Å²) in [7, 11) is 1.71. The summed E-state index contributed by atoms with van der Waals surface area (Å²) in [5.74, 6) is 0.0160. The van der Waals surface area contributed by atoms with Crippen LogP contribution in [0.3, 0.4) is 0 Å². The van der Waals surface area contributed by atoms with Crippen molar-refractivity contribution in [2.24, 2.45) is 0 Å². The van der Waals surface area contributed by atoms with E-state index >= 15 is 0 Å². The first kappa shape index (κ1) is 14.1. The minimum atomic E-state index is -0.622. The lowest BCUT2D eigenvalue weighted by atomic mass is 10.1. The maximum Gasteiger partial charge on any atom is 0.265 e. The summed E-state index contributed by atoms with van der Waals surface area (Å²) in [6.45, 7) is 1.65. The third-order valence-electron chi connectivity index (χ3n) is 3.62. The van der Waals surface area contributed by atoms with Gasteiger partial charge in [-0.1, -0.05) is 24.3 Å². The van der Waals surface area contributed by atoms with Crippen molar-refractivity contribution in [3.05, 3.63) is 54.1 Å². The zero-order chi connectivity index (χ0) is 15.7. The van der Waals surface area contributed by atoms with Crippen LogP contribution >= 0.6 is 0 Å². The van der Waals surface area contributed by atoms with Gasteiger partial charge in [0.25, 0.3) is 11.8 Å². The van der Waals surface area contributed by atoms with E-state index < -0.39 is 6.10 Å². The zero-order valence-electron chi connectivity index (χ0n) is 12.4. The summed E-state index contributed by atoms with van der Waals surface area (Å²) in [4.78, 5) is 26.0. The molecule has 1 atom stereocenters. The fourth-order valence-corrected chi connectivity index (χ4v) is 2.35. The van der Waals surface area contributed by atoms with E-state index in [9.17, 15) is 9.59 Å². The third-order valence-corrected chi connectivity index (χ3v) is 3.62. The van der Waals surface area contributed by atoms with Gasteiger partial charge in [-0.05, 0) is 31.2 Å². The molecule has 0 aliphatic carbocycles. The topological polar surface area (TPSA) is 58.6 Å². The number of carbonyl (C=O) groups is 2. The van der Waals surface area contributed by atoms with Crippen LogP contribution in [0, 0.1) is 0 Å². The molecule has 0 fully saturated rings. The van der Waals surface area contributed by atoms with Crippen LogP contribution in [-0.4, -0.2) is 25.0 Å². The van der Waals surface area contributed by atoms with Crippen LogP contribution in [0.1, 0.15) is 17.3 Å². The van der Waals surface area contributed by atoms with Crippen molar-refractivity contribution in [1.82, 2.24) is 0 Å². The maximum atomic E-state index is 12.7. The second-order valence-corrected chi connectivity index (χ2v) is 5.13. The molecule has 5 nitrogen and oxygen atoms in total. The first-order valence-corrected chi connectivity index (χ1v) is 7.01. The molecule has 1 aliphatic heterocycles. The number of fused-ring (bicyclic) bond motifs is 1. The molecule has 1 N–H and O–H groups in total. The van der Waals surface area contributed by atoms with E-state index in [0.29, 0.717) is 17.0 Å². The number of para-hydroxylation sites is 2. The number of carbonyl (C=O) groups excluding carboxylic acids is 2. The van der Waals surface area contributed by atoms with Crippen LogP contribution in [0.5, 0.6) is 5.75 Å². The average molecular weight is 296 g/mol. The highest BCUT2D eigenvalue weighted by Crippen LogP contribution is 2.34. The van der Waals surface area contributed by atoms with Crippen molar-refractivity contribution >= 4 is 23.2 Å². The van der Waals surface area contributed by atoms with Crippen molar-refractivity contribution in [3.63, 3.8) is 0 Å².